The monoisotopic (exact) mass is 270 g/mol. The number of nitrogens with zero attached hydrogens (tertiary/aromatic N) is 1. The molecule has 6 heteroatoms. The van der Waals surface area contributed by atoms with E-state index < -0.39 is 5.69 Å². The largest absolute Gasteiger partial charge is 0.487 e. The van der Waals surface area contributed by atoms with Gasteiger partial charge in [-0.15, -0.1) is 0 Å². The third-order valence-corrected chi connectivity index (χ3v) is 2.60. The summed E-state index contributed by atoms with van der Waals surface area (Å²) in [4.78, 5) is 17.1. The van der Waals surface area contributed by atoms with Crippen LogP contribution in [0.1, 0.15) is 5.69 Å². The van der Waals surface area contributed by atoms with Gasteiger partial charge in [0.15, 0.2) is 0 Å². The van der Waals surface area contributed by atoms with Crippen molar-refractivity contribution in [1.29, 1.82) is 0 Å². The van der Waals surface area contributed by atoms with Gasteiger partial charge >= 0.3 is 5.69 Å². The Balaban J connectivity index is 2.09. The number of nitrogens with one attached hydrogen (secondary N) is 1. The Hall–Kier alpha value is -1.52. The summed E-state index contributed by atoms with van der Waals surface area (Å²) in [6.07, 6.45) is 1.39. The molecule has 0 atom stereocenters. The van der Waals surface area contributed by atoms with Gasteiger partial charge in [0, 0.05) is 11.2 Å². The molecule has 88 valence electrons. The van der Waals surface area contributed by atoms with E-state index in [-0.39, 0.29) is 6.61 Å². The van der Waals surface area contributed by atoms with Crippen LogP contribution in [0.15, 0.2) is 35.3 Å². The molecule has 4 nitrogen and oxygen atoms in total. The van der Waals surface area contributed by atoms with Crippen LogP contribution in [-0.4, -0.2) is 9.97 Å². The van der Waals surface area contributed by atoms with Crippen molar-refractivity contribution in [2.24, 2.45) is 0 Å². The van der Waals surface area contributed by atoms with E-state index in [1.807, 2.05) is 0 Å². The maximum atomic E-state index is 11.0. The number of aromatic nitrogens is 2. The highest BCUT2D eigenvalue weighted by atomic mass is 35.5. The molecule has 0 aliphatic carbocycles. The maximum Gasteiger partial charge on any atom is 0.345 e. The molecule has 17 heavy (non-hydrogen) atoms. The number of halogens is 2. The zero-order valence-corrected chi connectivity index (χ0v) is 10.1. The van der Waals surface area contributed by atoms with Crippen LogP contribution >= 0.6 is 23.2 Å². The quantitative estimate of drug-likeness (QED) is 0.933. The van der Waals surface area contributed by atoms with Gasteiger partial charge in [-0.25, -0.2) is 4.79 Å². The van der Waals surface area contributed by atoms with E-state index in [1.165, 1.54) is 6.20 Å². The molecule has 1 aromatic heterocycles. The molecule has 1 aromatic carbocycles. The average molecular weight is 271 g/mol. The minimum atomic E-state index is -0.455. The molecule has 2 aromatic rings. The Kier molecular flexibility index (Phi) is 3.66. The number of hydrogen-bond acceptors (Lipinski definition) is 3. The zero-order valence-electron chi connectivity index (χ0n) is 8.61. The first-order valence-corrected chi connectivity index (χ1v) is 5.53. The van der Waals surface area contributed by atoms with Gasteiger partial charge in [-0.05, 0) is 24.3 Å². The molecule has 1 heterocycles. The van der Waals surface area contributed by atoms with Gasteiger partial charge in [0.1, 0.15) is 18.1 Å². The summed E-state index contributed by atoms with van der Waals surface area (Å²) in [5, 5.41) is 0.989. The molecule has 0 unspecified atom stereocenters. The minimum absolute atomic E-state index is 0.129. The topological polar surface area (TPSA) is 55.0 Å². The maximum absolute atomic E-state index is 11.0. The lowest BCUT2D eigenvalue weighted by Crippen LogP contribution is -2.13. The Morgan fingerprint density at radius 1 is 1.24 bits per heavy atom. The molecule has 2 rings (SSSR count). The first-order valence-electron chi connectivity index (χ1n) is 4.77. The van der Waals surface area contributed by atoms with Crippen LogP contribution in [0.25, 0.3) is 0 Å². The lowest BCUT2D eigenvalue weighted by molar-refractivity contribution is 0.301. The molecule has 0 aliphatic heterocycles. The second-order valence-electron chi connectivity index (χ2n) is 3.24. The van der Waals surface area contributed by atoms with E-state index in [0.29, 0.717) is 21.5 Å². The van der Waals surface area contributed by atoms with Gasteiger partial charge in [-0.2, -0.15) is 4.98 Å². The number of hydrogen-bond donors (Lipinski definition) is 1. The fourth-order valence-electron chi connectivity index (χ4n) is 1.20. The van der Waals surface area contributed by atoms with E-state index in [9.17, 15) is 4.79 Å². The average Bonchev–Trinajstić information content (AvgIpc) is 2.32. The summed E-state index contributed by atoms with van der Waals surface area (Å²) in [6.45, 7) is 0.129. The second-order valence-corrected chi connectivity index (χ2v) is 4.09. The summed E-state index contributed by atoms with van der Waals surface area (Å²) in [5.74, 6) is 0.632. The van der Waals surface area contributed by atoms with Crippen molar-refractivity contribution in [2.75, 3.05) is 0 Å². The SMILES string of the molecule is O=c1nc(COc2ccc(Cl)cc2)c(Cl)c[nH]1. The minimum Gasteiger partial charge on any atom is -0.487 e. The lowest BCUT2D eigenvalue weighted by atomic mass is 10.3. The molecule has 0 spiro atoms. The van der Waals surface area contributed by atoms with E-state index >= 15 is 0 Å². The van der Waals surface area contributed by atoms with Crippen LogP contribution in [0.5, 0.6) is 5.75 Å². The highest BCUT2D eigenvalue weighted by Crippen LogP contribution is 2.18. The Labute approximate surface area is 107 Å². The molecular formula is C11H8Cl2N2O2. The fourth-order valence-corrected chi connectivity index (χ4v) is 1.48. The summed E-state index contributed by atoms with van der Waals surface area (Å²) in [7, 11) is 0. The Morgan fingerprint density at radius 3 is 2.65 bits per heavy atom. The summed E-state index contributed by atoms with van der Waals surface area (Å²) in [5.41, 5.74) is -0.0607. The molecule has 1 N–H and O–H groups in total. The van der Waals surface area contributed by atoms with E-state index in [4.69, 9.17) is 27.9 Å². The zero-order chi connectivity index (χ0) is 12.3. The predicted molar refractivity (Wildman–Crippen MR) is 65.7 cm³/mol. The lowest BCUT2D eigenvalue weighted by Gasteiger charge is -2.06. The molecule has 0 aliphatic rings. The Morgan fingerprint density at radius 2 is 1.94 bits per heavy atom. The van der Waals surface area contributed by atoms with Crippen LogP contribution in [0.3, 0.4) is 0 Å². The second kappa shape index (κ2) is 5.21. The van der Waals surface area contributed by atoms with E-state index in [0.717, 1.165) is 0 Å². The third kappa shape index (κ3) is 3.22. The predicted octanol–water partition coefficient (Wildman–Crippen LogP) is 2.66. The first kappa shape index (κ1) is 12.0. The van der Waals surface area contributed by atoms with Crippen molar-refractivity contribution >= 4 is 23.2 Å². The van der Waals surface area contributed by atoms with Crippen molar-refractivity contribution in [3.8, 4) is 5.75 Å². The van der Waals surface area contributed by atoms with Crippen LogP contribution in [0.4, 0.5) is 0 Å². The standard InChI is InChI=1S/C11H8Cl2N2O2/c12-7-1-3-8(4-2-7)17-6-10-9(13)5-14-11(16)15-10/h1-5H,6H2,(H,14,15,16). The van der Waals surface area contributed by atoms with Crippen molar-refractivity contribution in [1.82, 2.24) is 9.97 Å². The Bertz CT molecular complexity index is 566. The van der Waals surface area contributed by atoms with Crippen LogP contribution < -0.4 is 10.4 Å². The van der Waals surface area contributed by atoms with Crippen LogP contribution in [-0.2, 0) is 6.61 Å². The number of ether oxygens (including phenoxy) is 1. The number of H-pyrrole nitrogens is 1. The summed E-state index contributed by atoms with van der Waals surface area (Å²) >= 11 is 11.6. The van der Waals surface area contributed by atoms with Crippen LogP contribution in [0, 0.1) is 0 Å². The van der Waals surface area contributed by atoms with Crippen molar-refractivity contribution in [2.45, 2.75) is 6.61 Å². The summed E-state index contributed by atoms with van der Waals surface area (Å²) in [6, 6.07) is 6.88. The van der Waals surface area contributed by atoms with Gasteiger partial charge in [-0.1, -0.05) is 23.2 Å². The first-order chi connectivity index (χ1) is 8.15. The summed E-state index contributed by atoms with van der Waals surface area (Å²) < 4.78 is 5.42. The van der Waals surface area contributed by atoms with E-state index in [2.05, 4.69) is 9.97 Å². The molecule has 0 amide bonds. The van der Waals surface area contributed by atoms with Gasteiger partial charge in [0.05, 0.1) is 5.02 Å². The van der Waals surface area contributed by atoms with Gasteiger partial charge in [0.2, 0.25) is 0 Å². The molecule has 0 saturated heterocycles. The highest BCUT2D eigenvalue weighted by molar-refractivity contribution is 6.31. The van der Waals surface area contributed by atoms with Crippen molar-refractivity contribution < 1.29 is 4.74 Å². The number of aromatic amines is 1. The molecule has 0 fully saturated rings. The van der Waals surface area contributed by atoms with Gasteiger partial charge < -0.3 is 9.72 Å². The van der Waals surface area contributed by atoms with E-state index in [1.54, 1.807) is 24.3 Å². The molecule has 0 radical (unpaired) electrons. The van der Waals surface area contributed by atoms with Crippen LogP contribution in [0.2, 0.25) is 10.0 Å². The van der Waals surface area contributed by atoms with Gasteiger partial charge in [-0.3, -0.25) is 0 Å². The van der Waals surface area contributed by atoms with Gasteiger partial charge in [0.25, 0.3) is 0 Å². The fraction of sp³-hybridized carbons (Fsp3) is 0.0909. The smallest absolute Gasteiger partial charge is 0.345 e. The third-order valence-electron chi connectivity index (χ3n) is 2.02. The molecular weight excluding hydrogens is 263 g/mol. The highest BCUT2D eigenvalue weighted by Gasteiger charge is 2.04. The molecule has 0 saturated carbocycles. The number of benzene rings is 1. The normalized spacial score (nSPS) is 10.2. The molecule has 0 bridgehead atoms. The number of rotatable bonds is 3. The van der Waals surface area contributed by atoms with Crippen molar-refractivity contribution in [3.05, 3.63) is 56.7 Å². The van der Waals surface area contributed by atoms with Crippen molar-refractivity contribution in [3.63, 3.8) is 0 Å².